The molecule has 1 fully saturated rings. The van der Waals surface area contributed by atoms with Crippen LogP contribution in [-0.4, -0.2) is 75.0 Å². The summed E-state index contributed by atoms with van der Waals surface area (Å²) < 4.78 is 0. The number of benzene rings is 2. The summed E-state index contributed by atoms with van der Waals surface area (Å²) in [5.74, 6) is -1.24. The van der Waals surface area contributed by atoms with Crippen molar-refractivity contribution in [1.82, 2.24) is 15.1 Å². The molecule has 2 aromatic rings. The van der Waals surface area contributed by atoms with Crippen LogP contribution in [-0.2, 0) is 16.0 Å². The zero-order chi connectivity index (χ0) is 23.4. The van der Waals surface area contributed by atoms with E-state index in [0.717, 1.165) is 51.1 Å². The molecule has 176 valence electrons. The predicted octanol–water partition coefficient (Wildman–Crippen LogP) is 2.42. The van der Waals surface area contributed by atoms with E-state index < -0.39 is 11.8 Å². The number of likely N-dealkylation sites (N-methyl/N-ethyl adjacent to an activating group) is 1. The normalized spacial score (nSPS) is 17.8. The minimum atomic E-state index is -0.636. The van der Waals surface area contributed by atoms with Gasteiger partial charge in [0.25, 0.3) is 0 Å². The highest BCUT2D eigenvalue weighted by Crippen LogP contribution is 2.31. The van der Waals surface area contributed by atoms with Crippen molar-refractivity contribution in [3.8, 4) is 0 Å². The van der Waals surface area contributed by atoms with Crippen molar-refractivity contribution >= 4 is 23.2 Å². The van der Waals surface area contributed by atoms with Gasteiger partial charge < -0.3 is 20.4 Å². The average Bonchev–Trinajstić information content (AvgIpc) is 2.81. The fourth-order valence-electron chi connectivity index (χ4n) is 4.70. The average molecular weight is 450 g/mol. The zero-order valence-corrected chi connectivity index (χ0v) is 19.9. The summed E-state index contributed by atoms with van der Waals surface area (Å²) in [7, 11) is 4.28. The minimum Gasteiger partial charge on any atom is -0.374 e. The number of piperazine rings is 1. The van der Waals surface area contributed by atoms with Gasteiger partial charge in [-0.25, -0.2) is 0 Å². The number of fused-ring (bicyclic) bond motifs is 1. The Kier molecular flexibility index (Phi) is 7.30. The topological polar surface area (TPSA) is 67.9 Å². The van der Waals surface area contributed by atoms with Gasteiger partial charge in [0.1, 0.15) is 0 Å². The summed E-state index contributed by atoms with van der Waals surface area (Å²) in [6.07, 6.45) is 2.23. The number of nitrogens with one attached hydrogen (secondary N) is 2. The molecular weight excluding hydrogens is 414 g/mol. The molecule has 7 nitrogen and oxygen atoms in total. The van der Waals surface area contributed by atoms with E-state index in [-0.39, 0.29) is 6.04 Å². The number of carbonyl (C=O) groups is 2. The Bertz CT molecular complexity index is 983. The molecule has 2 aliphatic rings. The van der Waals surface area contributed by atoms with Crippen molar-refractivity contribution in [3.05, 3.63) is 59.2 Å². The molecule has 0 bridgehead atoms. The molecule has 1 saturated heterocycles. The summed E-state index contributed by atoms with van der Waals surface area (Å²) >= 11 is 0. The van der Waals surface area contributed by atoms with E-state index in [4.69, 9.17) is 0 Å². The summed E-state index contributed by atoms with van der Waals surface area (Å²) in [5, 5.41) is 5.58. The summed E-state index contributed by atoms with van der Waals surface area (Å²) in [6, 6.07) is 14.1. The maximum atomic E-state index is 12.6. The SMILES string of the molecule is Cc1ccc(NC(=O)C(=O)NCC(c2ccc3c(c2)CCCN3C)N2CCN(C)CC2)cc1. The Morgan fingerprint density at radius 1 is 0.939 bits per heavy atom. The lowest BCUT2D eigenvalue weighted by Crippen LogP contribution is -2.49. The number of hydrogen-bond donors (Lipinski definition) is 2. The van der Waals surface area contributed by atoms with E-state index in [2.05, 4.69) is 57.6 Å². The Balaban J connectivity index is 1.46. The fraction of sp³-hybridized carbons (Fsp3) is 0.462. The van der Waals surface area contributed by atoms with Gasteiger partial charge >= 0.3 is 11.8 Å². The molecule has 1 unspecified atom stereocenters. The van der Waals surface area contributed by atoms with Crippen LogP contribution in [0.5, 0.6) is 0 Å². The fourth-order valence-corrected chi connectivity index (χ4v) is 4.70. The third-order valence-corrected chi connectivity index (χ3v) is 6.79. The second kappa shape index (κ2) is 10.4. The van der Waals surface area contributed by atoms with Crippen LogP contribution in [0.25, 0.3) is 0 Å². The first-order valence-electron chi connectivity index (χ1n) is 11.8. The van der Waals surface area contributed by atoms with Gasteiger partial charge in [-0.3, -0.25) is 14.5 Å². The molecule has 2 amide bonds. The van der Waals surface area contributed by atoms with Gasteiger partial charge in [-0.15, -0.1) is 0 Å². The number of aryl methyl sites for hydroxylation is 2. The van der Waals surface area contributed by atoms with Crippen molar-refractivity contribution < 1.29 is 9.59 Å². The third kappa shape index (κ3) is 5.72. The minimum absolute atomic E-state index is 0.0346. The van der Waals surface area contributed by atoms with Gasteiger partial charge in [-0.1, -0.05) is 29.8 Å². The lowest BCUT2D eigenvalue weighted by Gasteiger charge is -2.39. The number of carbonyl (C=O) groups excluding carboxylic acids is 2. The van der Waals surface area contributed by atoms with Gasteiger partial charge in [0.05, 0.1) is 6.04 Å². The Morgan fingerprint density at radius 3 is 2.39 bits per heavy atom. The monoisotopic (exact) mass is 449 g/mol. The highest BCUT2D eigenvalue weighted by molar-refractivity contribution is 6.39. The van der Waals surface area contributed by atoms with Crippen molar-refractivity contribution in [2.24, 2.45) is 0 Å². The first-order chi connectivity index (χ1) is 15.9. The lowest BCUT2D eigenvalue weighted by molar-refractivity contribution is -0.136. The summed E-state index contributed by atoms with van der Waals surface area (Å²) in [6.45, 7) is 7.32. The van der Waals surface area contributed by atoms with Crippen molar-refractivity contribution in [2.75, 3.05) is 63.6 Å². The van der Waals surface area contributed by atoms with E-state index in [9.17, 15) is 9.59 Å². The van der Waals surface area contributed by atoms with Gasteiger partial charge in [0.2, 0.25) is 0 Å². The van der Waals surface area contributed by atoms with E-state index in [1.807, 2.05) is 19.1 Å². The molecule has 0 aromatic heterocycles. The van der Waals surface area contributed by atoms with E-state index in [0.29, 0.717) is 12.2 Å². The van der Waals surface area contributed by atoms with Crippen LogP contribution in [0.1, 0.15) is 29.2 Å². The summed E-state index contributed by atoms with van der Waals surface area (Å²) in [4.78, 5) is 32.1. The maximum absolute atomic E-state index is 12.6. The van der Waals surface area contributed by atoms with Crippen LogP contribution in [0.3, 0.4) is 0 Å². The van der Waals surface area contributed by atoms with Gasteiger partial charge in [0, 0.05) is 57.7 Å². The first kappa shape index (κ1) is 23.3. The number of hydrogen-bond acceptors (Lipinski definition) is 5. The number of rotatable bonds is 5. The number of nitrogens with zero attached hydrogens (tertiary/aromatic N) is 3. The molecule has 0 spiro atoms. The van der Waals surface area contributed by atoms with Crippen molar-refractivity contribution in [1.29, 1.82) is 0 Å². The van der Waals surface area contributed by atoms with Crippen LogP contribution >= 0.6 is 0 Å². The smallest absolute Gasteiger partial charge is 0.313 e. The van der Waals surface area contributed by atoms with Crippen LogP contribution in [0.15, 0.2) is 42.5 Å². The molecule has 0 radical (unpaired) electrons. The third-order valence-electron chi connectivity index (χ3n) is 6.79. The summed E-state index contributed by atoms with van der Waals surface area (Å²) in [5.41, 5.74) is 5.58. The second-order valence-electron chi connectivity index (χ2n) is 9.30. The molecule has 2 aliphatic heterocycles. The van der Waals surface area contributed by atoms with Crippen molar-refractivity contribution in [3.63, 3.8) is 0 Å². The molecule has 2 aromatic carbocycles. The Morgan fingerprint density at radius 2 is 1.67 bits per heavy atom. The molecule has 0 aliphatic carbocycles. The van der Waals surface area contributed by atoms with E-state index in [1.54, 1.807) is 12.1 Å². The lowest BCUT2D eigenvalue weighted by atomic mass is 9.95. The second-order valence-corrected chi connectivity index (χ2v) is 9.30. The molecule has 2 N–H and O–H groups in total. The molecular formula is C26H35N5O2. The van der Waals surface area contributed by atoms with Gasteiger partial charge in [-0.05, 0) is 56.1 Å². The number of anilines is 2. The van der Waals surface area contributed by atoms with Crippen molar-refractivity contribution in [2.45, 2.75) is 25.8 Å². The molecule has 0 saturated carbocycles. The van der Waals surface area contributed by atoms with Gasteiger partial charge in [0.15, 0.2) is 0 Å². The standard InChI is InChI=1S/C26H35N5O2/c1-19-6-9-22(10-7-19)28-26(33)25(32)27-18-24(31-15-13-29(2)14-16-31)21-8-11-23-20(17-21)5-4-12-30(23)3/h6-11,17,24H,4-5,12-16,18H2,1-3H3,(H,27,32)(H,28,33). The maximum Gasteiger partial charge on any atom is 0.313 e. The van der Waals surface area contributed by atoms with Crippen LogP contribution in [0.4, 0.5) is 11.4 Å². The molecule has 7 heteroatoms. The Hall–Kier alpha value is -2.90. The van der Waals surface area contributed by atoms with Crippen LogP contribution in [0, 0.1) is 6.92 Å². The Labute approximate surface area is 196 Å². The highest BCUT2D eigenvalue weighted by Gasteiger charge is 2.27. The molecule has 4 rings (SSSR count). The molecule has 1 atom stereocenters. The van der Waals surface area contributed by atoms with E-state index >= 15 is 0 Å². The van der Waals surface area contributed by atoms with Crippen LogP contribution < -0.4 is 15.5 Å². The quantitative estimate of drug-likeness (QED) is 0.687. The predicted molar refractivity (Wildman–Crippen MR) is 133 cm³/mol. The van der Waals surface area contributed by atoms with Gasteiger partial charge in [-0.2, -0.15) is 0 Å². The zero-order valence-electron chi connectivity index (χ0n) is 19.9. The highest BCUT2D eigenvalue weighted by atomic mass is 16.2. The first-order valence-corrected chi connectivity index (χ1v) is 11.8. The molecule has 33 heavy (non-hydrogen) atoms. The molecule has 2 heterocycles. The van der Waals surface area contributed by atoms with Crippen LogP contribution in [0.2, 0.25) is 0 Å². The largest absolute Gasteiger partial charge is 0.374 e. The van der Waals surface area contributed by atoms with E-state index in [1.165, 1.54) is 16.8 Å². The number of amides is 2.